The molecule has 1 nitrogen and oxygen atoms in total. The first-order valence-electron chi connectivity index (χ1n) is 5.06. The lowest BCUT2D eigenvalue weighted by Crippen LogP contribution is -1.99. The van der Waals surface area contributed by atoms with Crippen LogP contribution in [0.5, 0.6) is 0 Å². The van der Waals surface area contributed by atoms with Gasteiger partial charge < -0.3 is 5.11 Å². The molecule has 0 fully saturated rings. The molecule has 1 aromatic carbocycles. The Bertz CT molecular complexity index is 468. The van der Waals surface area contributed by atoms with Crippen molar-refractivity contribution in [3.8, 4) is 0 Å². The molecule has 1 N–H and O–H groups in total. The van der Waals surface area contributed by atoms with Crippen molar-refractivity contribution in [1.82, 2.24) is 0 Å². The molecule has 0 bridgehead atoms. The molecule has 16 heavy (non-hydrogen) atoms. The standard InChI is InChI=1S/C13H13BrOS/c1-8-5-11(6-9(2)12(8)14)13(15)10-3-4-16-7-10/h3-7,13,15H,1-2H3. The molecule has 2 rings (SSSR count). The molecule has 1 heterocycles. The molecule has 0 saturated carbocycles. The minimum Gasteiger partial charge on any atom is -0.384 e. The lowest BCUT2D eigenvalue weighted by atomic mass is 10.00. The van der Waals surface area contributed by atoms with Crippen LogP contribution in [0.2, 0.25) is 0 Å². The highest BCUT2D eigenvalue weighted by molar-refractivity contribution is 9.10. The Morgan fingerprint density at radius 2 is 1.81 bits per heavy atom. The molecule has 3 heteroatoms. The first kappa shape index (κ1) is 11.8. The predicted octanol–water partition coefficient (Wildman–Crippen LogP) is 4.21. The molecule has 1 aromatic heterocycles. The number of thiophene rings is 1. The van der Waals surface area contributed by atoms with Gasteiger partial charge in [0.1, 0.15) is 6.10 Å². The van der Waals surface area contributed by atoms with Crippen LogP contribution in [-0.4, -0.2) is 5.11 Å². The van der Waals surface area contributed by atoms with Gasteiger partial charge in [-0.05, 0) is 52.9 Å². The van der Waals surface area contributed by atoms with Crippen LogP contribution in [0, 0.1) is 13.8 Å². The predicted molar refractivity (Wildman–Crippen MR) is 72.0 cm³/mol. The molecule has 0 aliphatic rings. The van der Waals surface area contributed by atoms with E-state index in [4.69, 9.17) is 0 Å². The summed E-state index contributed by atoms with van der Waals surface area (Å²) in [7, 11) is 0. The van der Waals surface area contributed by atoms with Gasteiger partial charge in [0, 0.05) is 4.47 Å². The summed E-state index contributed by atoms with van der Waals surface area (Å²) < 4.78 is 1.12. The Morgan fingerprint density at radius 3 is 2.31 bits per heavy atom. The molecule has 0 aliphatic carbocycles. The second-order valence-electron chi connectivity index (χ2n) is 3.93. The summed E-state index contributed by atoms with van der Waals surface area (Å²) in [6, 6.07) is 6.01. The third kappa shape index (κ3) is 2.21. The molecule has 0 amide bonds. The van der Waals surface area contributed by atoms with Crippen LogP contribution in [0.15, 0.2) is 33.4 Å². The first-order chi connectivity index (χ1) is 7.59. The summed E-state index contributed by atoms with van der Waals surface area (Å²) >= 11 is 5.14. The molecule has 0 saturated heterocycles. The lowest BCUT2D eigenvalue weighted by molar-refractivity contribution is 0.220. The third-order valence-electron chi connectivity index (χ3n) is 2.63. The monoisotopic (exact) mass is 296 g/mol. The van der Waals surface area contributed by atoms with Gasteiger partial charge in [-0.1, -0.05) is 28.1 Å². The van der Waals surface area contributed by atoms with Gasteiger partial charge in [0.2, 0.25) is 0 Å². The van der Waals surface area contributed by atoms with Crippen LogP contribution in [-0.2, 0) is 0 Å². The summed E-state index contributed by atoms with van der Waals surface area (Å²) in [6.45, 7) is 4.09. The minimum atomic E-state index is -0.517. The fourth-order valence-corrected chi connectivity index (χ4v) is 2.67. The Labute approximate surface area is 108 Å². The molecule has 84 valence electrons. The Hall–Kier alpha value is -0.640. The summed E-state index contributed by atoms with van der Waals surface area (Å²) in [4.78, 5) is 0. The third-order valence-corrected chi connectivity index (χ3v) is 4.59. The smallest absolute Gasteiger partial charge is 0.105 e. The molecule has 1 atom stereocenters. The highest BCUT2D eigenvalue weighted by Crippen LogP contribution is 2.29. The van der Waals surface area contributed by atoms with Gasteiger partial charge in [0.05, 0.1) is 0 Å². The van der Waals surface area contributed by atoms with E-state index in [1.807, 2.05) is 42.8 Å². The zero-order valence-corrected chi connectivity index (χ0v) is 11.6. The Kier molecular flexibility index (Phi) is 3.47. The number of hydrogen-bond acceptors (Lipinski definition) is 2. The normalized spacial score (nSPS) is 12.8. The van der Waals surface area contributed by atoms with Crippen molar-refractivity contribution in [1.29, 1.82) is 0 Å². The molecule has 0 radical (unpaired) electrons. The summed E-state index contributed by atoms with van der Waals surface area (Å²) in [5.74, 6) is 0. The molecule has 0 aliphatic heterocycles. The Balaban J connectivity index is 2.42. The molecule has 1 unspecified atom stereocenters. The average Bonchev–Trinajstić information content (AvgIpc) is 2.77. The Morgan fingerprint density at radius 1 is 1.19 bits per heavy atom. The van der Waals surface area contributed by atoms with Gasteiger partial charge in [-0.25, -0.2) is 0 Å². The van der Waals surface area contributed by atoms with Crippen molar-refractivity contribution >= 4 is 27.3 Å². The number of aliphatic hydroxyl groups excluding tert-OH is 1. The largest absolute Gasteiger partial charge is 0.384 e. The van der Waals surface area contributed by atoms with E-state index < -0.39 is 6.10 Å². The number of aryl methyl sites for hydroxylation is 2. The van der Waals surface area contributed by atoms with Crippen molar-refractivity contribution in [2.24, 2.45) is 0 Å². The summed E-state index contributed by atoms with van der Waals surface area (Å²) in [5.41, 5.74) is 4.23. The number of halogens is 1. The highest BCUT2D eigenvalue weighted by atomic mass is 79.9. The van der Waals surface area contributed by atoms with E-state index in [0.29, 0.717) is 0 Å². The number of rotatable bonds is 2. The van der Waals surface area contributed by atoms with Crippen LogP contribution in [0.1, 0.15) is 28.4 Å². The van der Waals surface area contributed by atoms with Crippen molar-refractivity contribution in [2.45, 2.75) is 20.0 Å². The van der Waals surface area contributed by atoms with E-state index >= 15 is 0 Å². The zero-order valence-electron chi connectivity index (χ0n) is 9.20. The fraction of sp³-hybridized carbons (Fsp3) is 0.231. The maximum absolute atomic E-state index is 10.2. The van der Waals surface area contributed by atoms with Gasteiger partial charge in [-0.15, -0.1) is 0 Å². The van der Waals surface area contributed by atoms with E-state index in [1.165, 1.54) is 0 Å². The van der Waals surface area contributed by atoms with Gasteiger partial charge in [-0.3, -0.25) is 0 Å². The molecule has 0 spiro atoms. The highest BCUT2D eigenvalue weighted by Gasteiger charge is 2.12. The molecule has 2 aromatic rings. The minimum absolute atomic E-state index is 0.517. The number of aliphatic hydroxyl groups is 1. The summed E-state index contributed by atoms with van der Waals surface area (Å²) in [6.07, 6.45) is -0.517. The zero-order chi connectivity index (χ0) is 11.7. The lowest BCUT2D eigenvalue weighted by Gasteiger charge is -2.13. The van der Waals surface area contributed by atoms with E-state index in [2.05, 4.69) is 15.9 Å². The number of hydrogen-bond donors (Lipinski definition) is 1. The van der Waals surface area contributed by atoms with Crippen LogP contribution in [0.4, 0.5) is 0 Å². The first-order valence-corrected chi connectivity index (χ1v) is 6.80. The van der Waals surface area contributed by atoms with Crippen molar-refractivity contribution in [3.05, 3.63) is 55.7 Å². The van der Waals surface area contributed by atoms with Crippen molar-refractivity contribution in [2.75, 3.05) is 0 Å². The van der Waals surface area contributed by atoms with Crippen LogP contribution in [0.25, 0.3) is 0 Å². The van der Waals surface area contributed by atoms with Gasteiger partial charge in [0.25, 0.3) is 0 Å². The van der Waals surface area contributed by atoms with E-state index in [1.54, 1.807) is 11.3 Å². The maximum Gasteiger partial charge on any atom is 0.105 e. The topological polar surface area (TPSA) is 20.2 Å². The maximum atomic E-state index is 10.2. The SMILES string of the molecule is Cc1cc(C(O)c2ccsc2)cc(C)c1Br. The van der Waals surface area contributed by atoms with E-state index in [-0.39, 0.29) is 0 Å². The van der Waals surface area contributed by atoms with Crippen molar-refractivity contribution in [3.63, 3.8) is 0 Å². The van der Waals surface area contributed by atoms with Crippen molar-refractivity contribution < 1.29 is 5.11 Å². The van der Waals surface area contributed by atoms with Crippen LogP contribution < -0.4 is 0 Å². The van der Waals surface area contributed by atoms with Crippen LogP contribution in [0.3, 0.4) is 0 Å². The average molecular weight is 297 g/mol. The quantitative estimate of drug-likeness (QED) is 0.880. The van der Waals surface area contributed by atoms with Gasteiger partial charge >= 0.3 is 0 Å². The molecular weight excluding hydrogens is 284 g/mol. The number of benzene rings is 1. The fourth-order valence-electron chi connectivity index (χ4n) is 1.76. The molecular formula is C13H13BrOS. The van der Waals surface area contributed by atoms with Gasteiger partial charge in [-0.2, -0.15) is 11.3 Å². The second kappa shape index (κ2) is 4.70. The van der Waals surface area contributed by atoms with E-state index in [9.17, 15) is 5.11 Å². The van der Waals surface area contributed by atoms with Crippen LogP contribution >= 0.6 is 27.3 Å². The van der Waals surface area contributed by atoms with Gasteiger partial charge in [0.15, 0.2) is 0 Å². The summed E-state index contributed by atoms with van der Waals surface area (Å²) in [5, 5.41) is 14.2. The van der Waals surface area contributed by atoms with E-state index in [0.717, 1.165) is 26.7 Å². The second-order valence-corrected chi connectivity index (χ2v) is 5.50.